The first-order valence-corrected chi connectivity index (χ1v) is 12.3. The molecule has 3 aromatic rings. The van der Waals surface area contributed by atoms with Crippen LogP contribution in [0.25, 0.3) is 0 Å². The van der Waals surface area contributed by atoms with Gasteiger partial charge in [0.25, 0.3) is 10.0 Å². The van der Waals surface area contributed by atoms with Gasteiger partial charge in [-0.1, -0.05) is 29.3 Å². The molecule has 192 valence electrons. The quantitative estimate of drug-likeness (QED) is 0.297. The van der Waals surface area contributed by atoms with Gasteiger partial charge in [0.15, 0.2) is 0 Å². The van der Waals surface area contributed by atoms with Crippen LogP contribution in [0.15, 0.2) is 71.6 Å². The number of nitrogens with zero attached hydrogens (tertiary/aromatic N) is 1. The van der Waals surface area contributed by atoms with Crippen molar-refractivity contribution in [2.24, 2.45) is 0 Å². The molecule has 0 atom stereocenters. The minimum absolute atomic E-state index is 0.0126. The second-order valence-electron chi connectivity index (χ2n) is 7.64. The highest BCUT2D eigenvalue weighted by Crippen LogP contribution is 2.38. The maximum absolute atomic E-state index is 13.4. The van der Waals surface area contributed by atoms with Crippen LogP contribution in [0.2, 0.25) is 5.02 Å². The molecule has 0 saturated carbocycles. The minimum Gasteiger partial charge on any atom is -0.492 e. The number of benzene rings is 3. The largest absolute Gasteiger partial charge is 0.492 e. The lowest BCUT2D eigenvalue weighted by atomic mass is 10.2. The van der Waals surface area contributed by atoms with E-state index >= 15 is 0 Å². The molecule has 12 heteroatoms. The number of carbonyl (C=O) groups excluding carboxylic acids is 1. The Kier molecular flexibility index (Phi) is 8.47. The fourth-order valence-electron chi connectivity index (χ4n) is 3.11. The normalized spacial score (nSPS) is 11.7. The molecular weight excluding hydrogens is 524 g/mol. The number of nitrogens with one attached hydrogen (secondary N) is 1. The van der Waals surface area contributed by atoms with E-state index in [1.165, 1.54) is 48.5 Å². The van der Waals surface area contributed by atoms with E-state index in [0.29, 0.717) is 16.1 Å². The summed E-state index contributed by atoms with van der Waals surface area (Å²) < 4.78 is 85.9. The van der Waals surface area contributed by atoms with Crippen LogP contribution in [-0.4, -0.2) is 34.0 Å². The first-order valence-electron chi connectivity index (χ1n) is 10.5. The van der Waals surface area contributed by atoms with Crippen molar-refractivity contribution in [1.82, 2.24) is 5.32 Å². The number of carbonyl (C=O) groups is 1. The lowest BCUT2D eigenvalue weighted by Gasteiger charge is -2.25. The molecule has 0 bridgehead atoms. The topological polar surface area (TPSA) is 75.7 Å². The van der Waals surface area contributed by atoms with Crippen LogP contribution in [0.3, 0.4) is 0 Å². The van der Waals surface area contributed by atoms with Crippen LogP contribution >= 0.6 is 11.6 Å². The standard InChI is InChI=1S/C24H21ClF4N2O4S/c1-16-2-9-20(10-3-16)36(33,34)31(18-6-11-22(25)21(14-18)24(27,28)29)15-23(32)30-12-13-35-19-7-4-17(26)5-8-19/h2-11,14H,12-13,15H2,1H3,(H,30,32). The van der Waals surface area contributed by atoms with Crippen LogP contribution < -0.4 is 14.4 Å². The van der Waals surface area contributed by atoms with E-state index in [1.807, 2.05) is 0 Å². The smallest absolute Gasteiger partial charge is 0.417 e. The van der Waals surface area contributed by atoms with Crippen LogP contribution in [0, 0.1) is 12.7 Å². The molecule has 0 radical (unpaired) electrons. The molecule has 0 aromatic heterocycles. The number of aryl methyl sites for hydroxylation is 1. The molecule has 0 aliphatic carbocycles. The SMILES string of the molecule is Cc1ccc(S(=O)(=O)N(CC(=O)NCCOc2ccc(F)cc2)c2ccc(Cl)c(C(F)(F)F)c2)cc1. The summed E-state index contributed by atoms with van der Waals surface area (Å²) in [4.78, 5) is 12.4. The number of sulfonamides is 1. The Morgan fingerprint density at radius 2 is 1.67 bits per heavy atom. The zero-order valence-corrected chi connectivity index (χ0v) is 20.4. The Balaban J connectivity index is 1.82. The van der Waals surface area contributed by atoms with Crippen molar-refractivity contribution in [3.05, 3.63) is 88.7 Å². The highest BCUT2D eigenvalue weighted by atomic mass is 35.5. The number of hydrogen-bond acceptors (Lipinski definition) is 4. The summed E-state index contributed by atoms with van der Waals surface area (Å²) in [7, 11) is -4.42. The van der Waals surface area contributed by atoms with Crippen LogP contribution in [0.4, 0.5) is 23.2 Å². The van der Waals surface area contributed by atoms with Gasteiger partial charge in [-0.05, 0) is 61.5 Å². The molecule has 6 nitrogen and oxygen atoms in total. The Labute approximate surface area is 210 Å². The maximum atomic E-state index is 13.4. The van der Waals surface area contributed by atoms with E-state index in [2.05, 4.69) is 5.32 Å². The molecule has 1 N–H and O–H groups in total. The predicted octanol–water partition coefficient (Wildman–Crippen LogP) is 5.20. The molecule has 0 saturated heterocycles. The third-order valence-electron chi connectivity index (χ3n) is 4.95. The van der Waals surface area contributed by atoms with E-state index < -0.39 is 45.1 Å². The number of anilines is 1. The fourth-order valence-corrected chi connectivity index (χ4v) is 4.75. The summed E-state index contributed by atoms with van der Waals surface area (Å²) >= 11 is 5.68. The van der Waals surface area contributed by atoms with E-state index in [-0.39, 0.29) is 23.7 Å². The van der Waals surface area contributed by atoms with Gasteiger partial charge >= 0.3 is 6.18 Å². The van der Waals surface area contributed by atoms with Gasteiger partial charge in [0.05, 0.1) is 27.7 Å². The number of ether oxygens (including phenoxy) is 1. The maximum Gasteiger partial charge on any atom is 0.417 e. The minimum atomic E-state index is -4.84. The third kappa shape index (κ3) is 6.88. The zero-order valence-electron chi connectivity index (χ0n) is 18.9. The first kappa shape index (κ1) is 27.3. The number of rotatable bonds is 9. The van der Waals surface area contributed by atoms with Gasteiger partial charge in [0, 0.05) is 0 Å². The third-order valence-corrected chi connectivity index (χ3v) is 7.06. The highest BCUT2D eigenvalue weighted by molar-refractivity contribution is 7.92. The number of alkyl halides is 3. The van der Waals surface area contributed by atoms with Crippen LogP contribution in [0.1, 0.15) is 11.1 Å². The second-order valence-corrected chi connectivity index (χ2v) is 9.91. The van der Waals surface area contributed by atoms with Crippen molar-refractivity contribution in [2.75, 3.05) is 24.0 Å². The molecule has 3 rings (SSSR count). The summed E-state index contributed by atoms with van der Waals surface area (Å²) in [6.07, 6.45) is -4.84. The molecular formula is C24H21ClF4N2O4S. The second kappa shape index (κ2) is 11.2. The van der Waals surface area contributed by atoms with E-state index in [0.717, 1.165) is 17.7 Å². The lowest BCUT2D eigenvalue weighted by Crippen LogP contribution is -2.42. The van der Waals surface area contributed by atoms with E-state index in [9.17, 15) is 30.8 Å². The van der Waals surface area contributed by atoms with Gasteiger partial charge in [0.1, 0.15) is 24.7 Å². The molecule has 0 aliphatic heterocycles. The van der Waals surface area contributed by atoms with Crippen LogP contribution in [0.5, 0.6) is 5.75 Å². The van der Waals surface area contributed by atoms with Crippen molar-refractivity contribution >= 4 is 33.2 Å². The summed E-state index contributed by atoms with van der Waals surface area (Å²) in [5.41, 5.74) is -0.853. The first-order chi connectivity index (χ1) is 16.9. The molecule has 0 aliphatic rings. The van der Waals surface area contributed by atoms with Gasteiger partial charge in [-0.25, -0.2) is 12.8 Å². The number of halogens is 5. The predicted molar refractivity (Wildman–Crippen MR) is 127 cm³/mol. The lowest BCUT2D eigenvalue weighted by molar-refractivity contribution is -0.137. The molecule has 3 aromatic carbocycles. The van der Waals surface area contributed by atoms with Crippen molar-refractivity contribution in [3.63, 3.8) is 0 Å². The monoisotopic (exact) mass is 544 g/mol. The van der Waals surface area contributed by atoms with Gasteiger partial charge in [-0.2, -0.15) is 13.2 Å². The Morgan fingerprint density at radius 1 is 1.03 bits per heavy atom. The molecule has 1 amide bonds. The van der Waals surface area contributed by atoms with Gasteiger partial charge in [0.2, 0.25) is 5.91 Å². The van der Waals surface area contributed by atoms with Crippen molar-refractivity contribution < 1.29 is 35.5 Å². The summed E-state index contributed by atoms with van der Waals surface area (Å²) in [5, 5.41) is 1.85. The number of hydrogen-bond donors (Lipinski definition) is 1. The van der Waals surface area contributed by atoms with Crippen molar-refractivity contribution in [2.45, 2.75) is 18.0 Å². The summed E-state index contributed by atoms with van der Waals surface area (Å²) in [6.45, 7) is 0.889. The summed E-state index contributed by atoms with van der Waals surface area (Å²) in [6, 6.07) is 13.4. The van der Waals surface area contributed by atoms with Crippen LogP contribution in [-0.2, 0) is 21.0 Å². The Hall–Kier alpha value is -3.31. The molecule has 36 heavy (non-hydrogen) atoms. The summed E-state index contributed by atoms with van der Waals surface area (Å²) in [5.74, 6) is -0.867. The van der Waals surface area contributed by atoms with E-state index in [4.69, 9.17) is 16.3 Å². The molecule has 0 unspecified atom stereocenters. The average Bonchev–Trinajstić information content (AvgIpc) is 2.81. The van der Waals surface area contributed by atoms with Gasteiger partial charge < -0.3 is 10.1 Å². The highest BCUT2D eigenvalue weighted by Gasteiger charge is 2.35. The Morgan fingerprint density at radius 3 is 2.28 bits per heavy atom. The van der Waals surface area contributed by atoms with Crippen molar-refractivity contribution in [1.29, 1.82) is 0 Å². The van der Waals surface area contributed by atoms with E-state index in [1.54, 1.807) is 6.92 Å². The van der Waals surface area contributed by atoms with Crippen molar-refractivity contribution in [3.8, 4) is 5.75 Å². The molecule has 0 spiro atoms. The molecule has 0 heterocycles. The fraction of sp³-hybridized carbons (Fsp3) is 0.208. The molecule has 0 fully saturated rings. The average molecular weight is 545 g/mol. The Bertz CT molecular complexity index is 1320. The van der Waals surface area contributed by atoms with Gasteiger partial charge in [-0.3, -0.25) is 9.10 Å². The zero-order chi connectivity index (χ0) is 26.5. The number of amides is 1. The van der Waals surface area contributed by atoms with Gasteiger partial charge in [-0.15, -0.1) is 0 Å².